The van der Waals surface area contributed by atoms with Gasteiger partial charge in [-0.2, -0.15) is 0 Å². The van der Waals surface area contributed by atoms with Crippen LogP contribution in [0, 0.1) is 28.3 Å². The van der Waals surface area contributed by atoms with Gasteiger partial charge in [-0.25, -0.2) is 0 Å². The average Bonchev–Trinajstić information content (AvgIpc) is 3.10. The summed E-state index contributed by atoms with van der Waals surface area (Å²) in [5, 5.41) is 8.91. The van der Waals surface area contributed by atoms with E-state index in [-0.39, 0.29) is 11.3 Å². The van der Waals surface area contributed by atoms with Crippen molar-refractivity contribution in [2.24, 2.45) is 16.7 Å². The number of para-hydroxylation sites is 1. The Hall–Kier alpha value is -3.06. The lowest BCUT2D eigenvalue weighted by Gasteiger charge is -2.17. The van der Waals surface area contributed by atoms with Crippen LogP contribution in [0.1, 0.15) is 33.3 Å². The molecule has 2 atom stereocenters. The van der Waals surface area contributed by atoms with Crippen LogP contribution in [0.5, 0.6) is 11.5 Å². The van der Waals surface area contributed by atoms with Gasteiger partial charge in [0.1, 0.15) is 11.5 Å². The Kier molecular flexibility index (Phi) is 5.29. The van der Waals surface area contributed by atoms with Crippen molar-refractivity contribution in [3.8, 4) is 17.8 Å². The fourth-order valence-corrected chi connectivity index (χ4v) is 4.18. The third-order valence-electron chi connectivity index (χ3n) is 5.74. The molecule has 0 amide bonds. The average molecular weight is 375 g/mol. The molecule has 2 aromatic carbocycles. The van der Waals surface area contributed by atoms with Gasteiger partial charge in [-0.3, -0.25) is 4.79 Å². The third kappa shape index (κ3) is 3.53. The second-order valence-electron chi connectivity index (χ2n) is 8.13. The summed E-state index contributed by atoms with van der Waals surface area (Å²) in [4.78, 5) is 12.8. The summed E-state index contributed by atoms with van der Waals surface area (Å²) in [6.45, 7) is 8.15. The Morgan fingerprint density at radius 2 is 1.79 bits per heavy atom. The Bertz CT molecular complexity index is 936. The highest BCUT2D eigenvalue weighted by atomic mass is 16.5. The molecule has 28 heavy (non-hydrogen) atoms. The van der Waals surface area contributed by atoms with E-state index in [1.165, 1.54) is 0 Å². The third-order valence-corrected chi connectivity index (χ3v) is 5.74. The van der Waals surface area contributed by atoms with E-state index in [1.54, 1.807) is 6.26 Å². The minimum Gasteiger partial charge on any atom is -0.457 e. The second-order valence-corrected chi connectivity index (χ2v) is 8.13. The summed E-state index contributed by atoms with van der Waals surface area (Å²) in [6, 6.07) is 17.3. The van der Waals surface area contributed by atoms with Crippen molar-refractivity contribution in [2.45, 2.75) is 34.1 Å². The van der Waals surface area contributed by atoms with Crippen molar-refractivity contribution in [1.29, 1.82) is 5.26 Å². The Morgan fingerprint density at radius 3 is 2.43 bits per heavy atom. The molecule has 0 aliphatic heterocycles. The van der Waals surface area contributed by atoms with Crippen LogP contribution < -0.4 is 4.74 Å². The summed E-state index contributed by atoms with van der Waals surface area (Å²) in [7, 11) is 0. The van der Waals surface area contributed by atoms with Crippen molar-refractivity contribution in [3.63, 3.8) is 0 Å². The fourth-order valence-electron chi connectivity index (χ4n) is 4.18. The first-order chi connectivity index (χ1) is 13.3. The number of ether oxygens (including phenoxy) is 2. The van der Waals surface area contributed by atoms with E-state index in [9.17, 15) is 4.79 Å². The standard InChI is InChI=1S/C24H25NO3/c1-17(2)13-21-23(3,4)24(21,22(26)27-16-25)15-18-9-8-12-20(14-18)28-19-10-6-5-7-11-19/h5-14,21H,15H2,1-4H3. The summed E-state index contributed by atoms with van der Waals surface area (Å²) in [5.41, 5.74) is 1.06. The molecule has 0 radical (unpaired) electrons. The Morgan fingerprint density at radius 1 is 1.11 bits per heavy atom. The van der Waals surface area contributed by atoms with Gasteiger partial charge in [-0.05, 0) is 55.5 Å². The molecule has 0 N–H and O–H groups in total. The van der Waals surface area contributed by atoms with Gasteiger partial charge in [0, 0.05) is 5.92 Å². The van der Waals surface area contributed by atoms with Crippen LogP contribution in [0.4, 0.5) is 0 Å². The molecule has 4 nitrogen and oxygen atoms in total. The van der Waals surface area contributed by atoms with Crippen molar-refractivity contribution < 1.29 is 14.3 Å². The molecule has 0 aromatic heterocycles. The summed E-state index contributed by atoms with van der Waals surface area (Å²) < 4.78 is 10.7. The summed E-state index contributed by atoms with van der Waals surface area (Å²) in [6.07, 6.45) is 4.16. The van der Waals surface area contributed by atoms with Crippen LogP contribution in [-0.2, 0) is 16.0 Å². The number of rotatable bonds is 6. The van der Waals surface area contributed by atoms with Gasteiger partial charge in [-0.1, -0.05) is 55.8 Å². The maximum atomic E-state index is 12.8. The highest BCUT2D eigenvalue weighted by molar-refractivity contribution is 5.84. The minimum absolute atomic E-state index is 0.0181. The van der Waals surface area contributed by atoms with Gasteiger partial charge in [-0.15, -0.1) is 5.26 Å². The van der Waals surface area contributed by atoms with E-state index in [1.807, 2.05) is 68.4 Å². The van der Waals surface area contributed by atoms with E-state index in [0.29, 0.717) is 12.2 Å². The molecule has 0 heterocycles. The zero-order valence-corrected chi connectivity index (χ0v) is 16.7. The van der Waals surface area contributed by atoms with Gasteiger partial charge in [0.15, 0.2) is 0 Å². The first-order valence-corrected chi connectivity index (χ1v) is 9.38. The normalized spacial score (nSPS) is 21.9. The van der Waals surface area contributed by atoms with Gasteiger partial charge in [0.2, 0.25) is 0 Å². The highest BCUT2D eigenvalue weighted by Crippen LogP contribution is 2.71. The van der Waals surface area contributed by atoms with Crippen molar-refractivity contribution in [1.82, 2.24) is 0 Å². The number of nitrogens with zero attached hydrogens (tertiary/aromatic N) is 1. The van der Waals surface area contributed by atoms with Gasteiger partial charge >= 0.3 is 5.97 Å². The number of allylic oxidation sites excluding steroid dienone is 2. The monoisotopic (exact) mass is 375 g/mol. The molecule has 0 spiro atoms. The van der Waals surface area contributed by atoms with E-state index < -0.39 is 11.4 Å². The molecule has 2 aromatic rings. The van der Waals surface area contributed by atoms with Crippen LogP contribution in [0.25, 0.3) is 0 Å². The van der Waals surface area contributed by atoms with Gasteiger partial charge < -0.3 is 9.47 Å². The lowest BCUT2D eigenvalue weighted by molar-refractivity contribution is -0.145. The molecular weight excluding hydrogens is 350 g/mol. The topological polar surface area (TPSA) is 59.3 Å². The second kappa shape index (κ2) is 7.52. The minimum atomic E-state index is -0.759. The fraction of sp³-hybridized carbons (Fsp3) is 0.333. The van der Waals surface area contributed by atoms with Crippen LogP contribution in [0.3, 0.4) is 0 Å². The number of nitriles is 1. The largest absolute Gasteiger partial charge is 0.457 e. The Balaban J connectivity index is 1.91. The van der Waals surface area contributed by atoms with E-state index in [0.717, 1.165) is 16.9 Å². The summed E-state index contributed by atoms with van der Waals surface area (Å²) in [5.74, 6) is 1.03. The smallest absolute Gasteiger partial charge is 0.329 e. The first-order valence-electron chi connectivity index (χ1n) is 9.38. The molecule has 1 fully saturated rings. The van der Waals surface area contributed by atoms with Crippen LogP contribution >= 0.6 is 0 Å². The van der Waals surface area contributed by atoms with Crippen LogP contribution in [0.2, 0.25) is 0 Å². The van der Waals surface area contributed by atoms with E-state index >= 15 is 0 Å². The molecule has 1 aliphatic carbocycles. The molecule has 1 aliphatic rings. The molecule has 0 saturated heterocycles. The molecule has 4 heteroatoms. The van der Waals surface area contributed by atoms with Crippen LogP contribution in [0.15, 0.2) is 66.2 Å². The summed E-state index contributed by atoms with van der Waals surface area (Å²) >= 11 is 0. The molecule has 3 rings (SSSR count). The van der Waals surface area contributed by atoms with Gasteiger partial charge in [0.05, 0.1) is 5.41 Å². The lowest BCUT2D eigenvalue weighted by Crippen LogP contribution is -2.26. The SMILES string of the molecule is CC(C)=CC1C(C)(C)C1(Cc1cccc(Oc2ccccc2)c1)C(=O)OC#N. The number of hydrogen-bond acceptors (Lipinski definition) is 4. The number of carbonyl (C=O) groups is 1. The number of hydrogen-bond donors (Lipinski definition) is 0. The highest BCUT2D eigenvalue weighted by Gasteiger charge is 2.75. The molecule has 2 unspecified atom stereocenters. The van der Waals surface area contributed by atoms with Crippen molar-refractivity contribution in [2.75, 3.05) is 0 Å². The predicted molar refractivity (Wildman–Crippen MR) is 108 cm³/mol. The molecular formula is C24H25NO3. The zero-order chi connectivity index (χ0) is 20.4. The number of carbonyl (C=O) groups excluding carboxylic acids is 1. The van der Waals surface area contributed by atoms with E-state index in [2.05, 4.69) is 19.9 Å². The van der Waals surface area contributed by atoms with Crippen LogP contribution in [-0.4, -0.2) is 5.97 Å². The first kappa shape index (κ1) is 19.7. The maximum Gasteiger partial charge on any atom is 0.329 e. The van der Waals surface area contributed by atoms with Crippen molar-refractivity contribution >= 4 is 5.97 Å². The Labute approximate surface area is 166 Å². The van der Waals surface area contributed by atoms with Crippen molar-refractivity contribution in [3.05, 3.63) is 71.8 Å². The molecule has 1 saturated carbocycles. The number of esters is 1. The lowest BCUT2D eigenvalue weighted by atomic mass is 9.88. The zero-order valence-electron chi connectivity index (χ0n) is 16.7. The predicted octanol–water partition coefficient (Wildman–Crippen LogP) is 5.65. The molecule has 0 bridgehead atoms. The maximum absolute atomic E-state index is 12.8. The van der Waals surface area contributed by atoms with Gasteiger partial charge in [0.25, 0.3) is 6.26 Å². The van der Waals surface area contributed by atoms with E-state index in [4.69, 9.17) is 14.7 Å². The molecule has 144 valence electrons. The quantitative estimate of drug-likeness (QED) is 0.372. The number of benzene rings is 2.